The lowest BCUT2D eigenvalue weighted by Crippen LogP contribution is -2.31. The molecule has 0 fully saturated rings. The molecule has 0 amide bonds. The fourth-order valence-corrected chi connectivity index (χ4v) is 1.25. The Hall–Kier alpha value is -1.25. The number of aliphatic carboxylic acids is 1. The molecule has 8 heteroatoms. The lowest BCUT2D eigenvalue weighted by molar-refractivity contribution is -0.146. The normalized spacial score (nSPS) is 13.0. The Morgan fingerprint density at radius 3 is 2.73 bits per heavy atom. The predicted octanol–water partition coefficient (Wildman–Crippen LogP) is 0.176. The van der Waals surface area contributed by atoms with Crippen molar-refractivity contribution in [3.8, 4) is 0 Å². The van der Waals surface area contributed by atoms with Crippen LogP contribution in [0.25, 0.3) is 0 Å². The van der Waals surface area contributed by atoms with Gasteiger partial charge in [0.2, 0.25) is 0 Å². The van der Waals surface area contributed by atoms with E-state index in [4.69, 9.17) is 15.7 Å². The van der Waals surface area contributed by atoms with Gasteiger partial charge in [-0.2, -0.15) is 9.85 Å². The molecule has 0 aliphatic carbocycles. The van der Waals surface area contributed by atoms with Gasteiger partial charge < -0.3 is 10.8 Å². The fraction of sp³-hybridized carbons (Fsp3) is 0.571. The zero-order chi connectivity index (χ0) is 11.4. The van der Waals surface area contributed by atoms with Crippen LogP contribution in [0.4, 0.5) is 5.13 Å². The number of nitrogens with one attached hydrogen (secondary N) is 1. The van der Waals surface area contributed by atoms with E-state index in [0.717, 1.165) is 11.5 Å². The van der Waals surface area contributed by atoms with Crippen LogP contribution >= 0.6 is 11.5 Å². The molecule has 1 unspecified atom stereocenters. The van der Waals surface area contributed by atoms with Crippen molar-refractivity contribution in [2.75, 3.05) is 5.73 Å². The lowest BCUT2D eigenvalue weighted by atomic mass is 10.3. The average Bonchev–Trinajstić information content (AvgIpc) is 2.51. The third kappa shape index (κ3) is 3.42. The summed E-state index contributed by atoms with van der Waals surface area (Å²) in [5.74, 6) is -1.01. The van der Waals surface area contributed by atoms with Crippen molar-refractivity contribution in [2.24, 2.45) is 0 Å². The molecular weight excluding hydrogens is 220 g/mol. The number of hydrogen-bond acceptors (Lipinski definition) is 7. The second-order valence-electron chi connectivity index (χ2n) is 3.05. The Kier molecular flexibility index (Phi) is 3.95. The molecule has 1 atom stereocenters. The molecule has 0 saturated heterocycles. The Bertz CT molecular complexity index is 341. The molecule has 1 aromatic rings. The Labute approximate surface area is 90.4 Å². The van der Waals surface area contributed by atoms with E-state index >= 15 is 0 Å². The average molecular weight is 232 g/mol. The van der Waals surface area contributed by atoms with E-state index < -0.39 is 12.0 Å². The molecule has 0 saturated carbocycles. The Morgan fingerprint density at radius 2 is 2.33 bits per heavy atom. The fourth-order valence-electron chi connectivity index (χ4n) is 0.782. The number of carboxylic acids is 1. The van der Waals surface area contributed by atoms with E-state index in [1.54, 1.807) is 13.8 Å². The molecular formula is C7H12N4O3S. The van der Waals surface area contributed by atoms with Crippen molar-refractivity contribution >= 4 is 22.6 Å². The van der Waals surface area contributed by atoms with Gasteiger partial charge in [-0.15, -0.1) is 0 Å². The summed E-state index contributed by atoms with van der Waals surface area (Å²) in [6.07, 6.45) is -0.136. The molecule has 0 aliphatic heterocycles. The van der Waals surface area contributed by atoms with Crippen molar-refractivity contribution < 1.29 is 14.7 Å². The van der Waals surface area contributed by atoms with Crippen LogP contribution in [0.15, 0.2) is 0 Å². The molecule has 4 N–H and O–H groups in total. The highest BCUT2D eigenvalue weighted by Gasteiger charge is 2.24. The molecule has 1 rings (SSSR count). The van der Waals surface area contributed by atoms with Crippen LogP contribution < -0.4 is 11.2 Å². The van der Waals surface area contributed by atoms with Crippen LogP contribution in [0, 0.1) is 0 Å². The first kappa shape index (κ1) is 11.8. The summed E-state index contributed by atoms with van der Waals surface area (Å²) in [5, 5.41) is 9.11. The van der Waals surface area contributed by atoms with E-state index in [2.05, 4.69) is 14.8 Å². The molecule has 0 radical (unpaired) electrons. The summed E-state index contributed by atoms with van der Waals surface area (Å²) in [6, 6.07) is -1.10. The monoisotopic (exact) mass is 232 g/mol. The van der Waals surface area contributed by atoms with E-state index in [1.807, 2.05) is 0 Å². The Balaban J connectivity index is 2.70. The summed E-state index contributed by atoms with van der Waals surface area (Å²) >= 11 is 0.942. The first-order valence-electron chi connectivity index (χ1n) is 4.23. The van der Waals surface area contributed by atoms with Gasteiger partial charge in [0, 0.05) is 11.5 Å². The van der Waals surface area contributed by atoms with Crippen LogP contribution in [0.5, 0.6) is 0 Å². The third-order valence-corrected chi connectivity index (χ3v) is 1.94. The van der Waals surface area contributed by atoms with E-state index in [0.29, 0.717) is 0 Å². The van der Waals surface area contributed by atoms with Crippen LogP contribution in [0.3, 0.4) is 0 Å². The summed E-state index contributed by atoms with van der Waals surface area (Å²) in [7, 11) is 0. The maximum absolute atomic E-state index is 10.9. The van der Waals surface area contributed by atoms with Crippen molar-refractivity contribution in [3.05, 3.63) is 5.82 Å². The highest BCUT2D eigenvalue weighted by molar-refractivity contribution is 7.09. The van der Waals surface area contributed by atoms with Gasteiger partial charge in [0.05, 0.1) is 6.10 Å². The molecule has 0 spiro atoms. The van der Waals surface area contributed by atoms with Crippen molar-refractivity contribution in [2.45, 2.75) is 26.0 Å². The van der Waals surface area contributed by atoms with Crippen molar-refractivity contribution in [1.29, 1.82) is 0 Å². The number of nitrogen functional groups attached to an aromatic ring is 1. The van der Waals surface area contributed by atoms with Gasteiger partial charge in [-0.05, 0) is 13.8 Å². The van der Waals surface area contributed by atoms with Gasteiger partial charge in [0.1, 0.15) is 0 Å². The van der Waals surface area contributed by atoms with Gasteiger partial charge in [0.15, 0.2) is 17.0 Å². The standard InChI is InChI=1S/C7H12N4O3S/c1-3(2)14-10-4(6(12)13)5-9-7(8)15-11-5/h3-4,10H,1-2H3,(H,12,13)(H2,8,9,11). The largest absolute Gasteiger partial charge is 0.480 e. The third-order valence-electron chi connectivity index (χ3n) is 1.38. The predicted molar refractivity (Wildman–Crippen MR) is 54.1 cm³/mol. The molecule has 7 nitrogen and oxygen atoms in total. The molecule has 0 aromatic carbocycles. The maximum atomic E-state index is 10.9. The minimum atomic E-state index is -1.12. The highest BCUT2D eigenvalue weighted by atomic mass is 32.1. The zero-order valence-electron chi connectivity index (χ0n) is 8.30. The SMILES string of the molecule is CC(C)ONC(C(=O)O)c1nsc(N)n1. The van der Waals surface area contributed by atoms with Crippen molar-refractivity contribution in [1.82, 2.24) is 14.8 Å². The smallest absolute Gasteiger partial charge is 0.331 e. The van der Waals surface area contributed by atoms with Crippen LogP contribution in [0.1, 0.15) is 25.7 Å². The minimum absolute atomic E-state index is 0.102. The second kappa shape index (κ2) is 5.01. The topological polar surface area (TPSA) is 110 Å². The Morgan fingerprint density at radius 1 is 1.67 bits per heavy atom. The second-order valence-corrected chi connectivity index (χ2v) is 3.83. The van der Waals surface area contributed by atoms with Gasteiger partial charge >= 0.3 is 5.97 Å². The van der Waals surface area contributed by atoms with Crippen LogP contribution in [-0.2, 0) is 9.63 Å². The number of hydrogen-bond donors (Lipinski definition) is 3. The maximum Gasteiger partial charge on any atom is 0.331 e. The molecule has 0 aliphatic rings. The highest BCUT2D eigenvalue weighted by Crippen LogP contribution is 2.14. The number of carboxylic acid groups (broad SMARTS) is 1. The van der Waals surface area contributed by atoms with E-state index in [-0.39, 0.29) is 17.1 Å². The van der Waals surface area contributed by atoms with E-state index in [1.165, 1.54) is 0 Å². The van der Waals surface area contributed by atoms with Gasteiger partial charge in [0.25, 0.3) is 0 Å². The summed E-state index contributed by atoms with van der Waals surface area (Å²) < 4.78 is 3.80. The molecule has 84 valence electrons. The number of carbonyl (C=O) groups is 1. The number of nitrogens with zero attached hydrogens (tertiary/aromatic N) is 2. The number of hydroxylamine groups is 1. The van der Waals surface area contributed by atoms with Crippen LogP contribution in [0.2, 0.25) is 0 Å². The first-order chi connectivity index (χ1) is 7.00. The summed E-state index contributed by atoms with van der Waals surface area (Å²) in [6.45, 7) is 3.55. The first-order valence-corrected chi connectivity index (χ1v) is 5.01. The van der Waals surface area contributed by atoms with Crippen molar-refractivity contribution in [3.63, 3.8) is 0 Å². The van der Waals surface area contributed by atoms with Gasteiger partial charge in [-0.3, -0.25) is 4.84 Å². The number of rotatable bonds is 5. The number of aromatic nitrogens is 2. The number of anilines is 1. The summed E-state index contributed by atoms with van der Waals surface area (Å²) in [5.41, 5.74) is 7.73. The summed E-state index contributed by atoms with van der Waals surface area (Å²) in [4.78, 5) is 19.6. The quantitative estimate of drug-likeness (QED) is 0.621. The van der Waals surface area contributed by atoms with E-state index in [9.17, 15) is 4.79 Å². The molecule has 15 heavy (non-hydrogen) atoms. The van der Waals surface area contributed by atoms with Gasteiger partial charge in [-0.25, -0.2) is 9.78 Å². The van der Waals surface area contributed by atoms with Gasteiger partial charge in [-0.1, -0.05) is 0 Å². The molecule has 0 bridgehead atoms. The molecule has 1 aromatic heterocycles. The number of nitrogens with two attached hydrogens (primary N) is 1. The molecule has 1 heterocycles. The zero-order valence-corrected chi connectivity index (χ0v) is 9.11. The lowest BCUT2D eigenvalue weighted by Gasteiger charge is -2.13. The van der Waals surface area contributed by atoms with Crippen LogP contribution in [-0.4, -0.2) is 26.5 Å². The minimum Gasteiger partial charge on any atom is -0.480 e.